The number of ether oxygens (including phenoxy) is 1. The number of nitrogens with one attached hydrogen (secondary N) is 1. The molecule has 1 aliphatic heterocycles. The molecule has 1 heterocycles. The van der Waals surface area contributed by atoms with Gasteiger partial charge in [0.25, 0.3) is 0 Å². The Morgan fingerprint density at radius 3 is 2.54 bits per heavy atom. The van der Waals surface area contributed by atoms with Gasteiger partial charge in [0, 0.05) is 6.04 Å². The third-order valence-electron chi connectivity index (χ3n) is 2.45. The Kier molecular flexibility index (Phi) is 3.74. The average molecular weight is 185 g/mol. The normalized spacial score (nSPS) is 26.3. The monoisotopic (exact) mass is 185 g/mol. The Bertz CT molecular complexity index is 145. The smallest absolute Gasteiger partial charge is 0.0732 e. The van der Waals surface area contributed by atoms with Gasteiger partial charge in [0.2, 0.25) is 0 Å². The van der Waals surface area contributed by atoms with Crippen molar-refractivity contribution >= 4 is 0 Å². The van der Waals surface area contributed by atoms with Crippen LogP contribution in [0.5, 0.6) is 0 Å². The van der Waals surface area contributed by atoms with Gasteiger partial charge in [0.15, 0.2) is 0 Å². The van der Waals surface area contributed by atoms with Crippen molar-refractivity contribution in [3.63, 3.8) is 0 Å². The van der Waals surface area contributed by atoms with E-state index >= 15 is 0 Å². The Morgan fingerprint density at radius 1 is 1.46 bits per heavy atom. The fourth-order valence-corrected chi connectivity index (χ4v) is 1.93. The van der Waals surface area contributed by atoms with Crippen LogP contribution in [0.25, 0.3) is 0 Å². The van der Waals surface area contributed by atoms with Crippen LogP contribution in [0.15, 0.2) is 0 Å². The van der Waals surface area contributed by atoms with Gasteiger partial charge in [-0.05, 0) is 46.6 Å². The van der Waals surface area contributed by atoms with Crippen molar-refractivity contribution in [1.29, 1.82) is 0 Å². The molecule has 1 saturated heterocycles. The highest BCUT2D eigenvalue weighted by atomic mass is 16.5. The van der Waals surface area contributed by atoms with Crippen molar-refractivity contribution < 1.29 is 4.74 Å². The lowest BCUT2D eigenvalue weighted by Crippen LogP contribution is -2.40. The van der Waals surface area contributed by atoms with Gasteiger partial charge in [-0.2, -0.15) is 0 Å². The Labute approximate surface area is 82.0 Å². The highest BCUT2D eigenvalue weighted by molar-refractivity contribution is 4.83. The predicted molar refractivity (Wildman–Crippen MR) is 55.9 cm³/mol. The second-order valence-electron chi connectivity index (χ2n) is 4.88. The molecule has 0 aromatic heterocycles. The molecule has 1 rings (SSSR count). The first-order chi connectivity index (χ1) is 6.03. The van der Waals surface area contributed by atoms with Crippen LogP contribution in [0.1, 0.15) is 47.0 Å². The summed E-state index contributed by atoms with van der Waals surface area (Å²) in [7, 11) is 0. The average Bonchev–Trinajstić information content (AvgIpc) is 2.50. The maximum absolute atomic E-state index is 6.01. The van der Waals surface area contributed by atoms with E-state index in [4.69, 9.17) is 4.74 Å². The van der Waals surface area contributed by atoms with Gasteiger partial charge in [-0.3, -0.25) is 0 Å². The lowest BCUT2D eigenvalue weighted by molar-refractivity contribution is -0.0738. The maximum Gasteiger partial charge on any atom is 0.0732 e. The van der Waals surface area contributed by atoms with E-state index in [0.717, 1.165) is 13.0 Å². The molecule has 0 spiro atoms. The minimum atomic E-state index is -0.00898. The molecule has 0 amide bonds. The summed E-state index contributed by atoms with van der Waals surface area (Å²) in [5, 5.41) is 3.51. The second-order valence-corrected chi connectivity index (χ2v) is 4.88. The van der Waals surface area contributed by atoms with Crippen LogP contribution in [0.4, 0.5) is 0 Å². The molecule has 0 aromatic rings. The Morgan fingerprint density at radius 2 is 2.15 bits per heavy atom. The summed E-state index contributed by atoms with van der Waals surface area (Å²) in [6.45, 7) is 9.75. The zero-order valence-electron chi connectivity index (χ0n) is 9.39. The van der Waals surface area contributed by atoms with Gasteiger partial charge in [-0.25, -0.2) is 0 Å². The summed E-state index contributed by atoms with van der Waals surface area (Å²) < 4.78 is 6.01. The van der Waals surface area contributed by atoms with Crippen molar-refractivity contribution in [2.75, 3.05) is 6.54 Å². The summed E-state index contributed by atoms with van der Waals surface area (Å²) in [4.78, 5) is 0. The predicted octanol–water partition coefficient (Wildman–Crippen LogP) is 2.33. The molecule has 0 aromatic carbocycles. The third-order valence-corrected chi connectivity index (χ3v) is 2.45. The van der Waals surface area contributed by atoms with Crippen LogP contribution in [0, 0.1) is 0 Å². The Hall–Kier alpha value is -0.0800. The third kappa shape index (κ3) is 3.65. The van der Waals surface area contributed by atoms with E-state index in [2.05, 4.69) is 33.0 Å². The van der Waals surface area contributed by atoms with Crippen molar-refractivity contribution in [3.05, 3.63) is 0 Å². The maximum atomic E-state index is 6.01. The van der Waals surface area contributed by atoms with E-state index in [-0.39, 0.29) is 5.60 Å². The first-order valence-corrected chi connectivity index (χ1v) is 5.44. The molecule has 2 heteroatoms. The first kappa shape index (κ1) is 11.0. The first-order valence-electron chi connectivity index (χ1n) is 5.44. The van der Waals surface area contributed by atoms with Crippen molar-refractivity contribution in [2.24, 2.45) is 0 Å². The van der Waals surface area contributed by atoms with Gasteiger partial charge < -0.3 is 10.1 Å². The number of rotatable bonds is 3. The number of hydrogen-bond donors (Lipinski definition) is 1. The molecule has 1 fully saturated rings. The molecular formula is C11H23NO. The summed E-state index contributed by atoms with van der Waals surface area (Å²) in [6.07, 6.45) is 4.07. The quantitative estimate of drug-likeness (QED) is 0.728. The number of hydrogen-bond acceptors (Lipinski definition) is 2. The van der Waals surface area contributed by atoms with E-state index in [0.29, 0.717) is 12.1 Å². The zero-order valence-corrected chi connectivity index (χ0v) is 9.39. The molecule has 13 heavy (non-hydrogen) atoms. The molecule has 0 aliphatic carbocycles. The summed E-state index contributed by atoms with van der Waals surface area (Å²) in [5.74, 6) is 0. The molecule has 0 bridgehead atoms. The second kappa shape index (κ2) is 4.43. The molecular weight excluding hydrogens is 162 g/mol. The van der Waals surface area contributed by atoms with E-state index in [1.165, 1.54) is 12.8 Å². The lowest BCUT2D eigenvalue weighted by atomic mass is 10.1. The highest BCUT2D eigenvalue weighted by Crippen LogP contribution is 2.20. The summed E-state index contributed by atoms with van der Waals surface area (Å²) >= 11 is 0. The zero-order chi connectivity index (χ0) is 9.90. The standard InChI is InChI=1S/C11H23NO/c1-5-10(13-11(2,3)4)9-7-6-8-12-9/h9-10,12H,5-8H2,1-4H3/t9-,10+/m0/s1. The fraction of sp³-hybridized carbons (Fsp3) is 1.00. The van der Waals surface area contributed by atoms with E-state index < -0.39 is 0 Å². The van der Waals surface area contributed by atoms with Crippen LogP contribution >= 0.6 is 0 Å². The topological polar surface area (TPSA) is 21.3 Å². The van der Waals surface area contributed by atoms with E-state index in [9.17, 15) is 0 Å². The molecule has 0 saturated carbocycles. The fourth-order valence-electron chi connectivity index (χ4n) is 1.93. The highest BCUT2D eigenvalue weighted by Gasteiger charge is 2.27. The van der Waals surface area contributed by atoms with E-state index in [1.54, 1.807) is 0 Å². The Balaban J connectivity index is 2.42. The molecule has 1 aliphatic rings. The minimum absolute atomic E-state index is 0.00898. The van der Waals surface area contributed by atoms with Gasteiger partial charge in [0.05, 0.1) is 11.7 Å². The van der Waals surface area contributed by atoms with Gasteiger partial charge >= 0.3 is 0 Å². The van der Waals surface area contributed by atoms with Gasteiger partial charge in [-0.1, -0.05) is 6.92 Å². The molecule has 2 atom stereocenters. The SMILES string of the molecule is CC[C@@H](OC(C)(C)C)[C@@H]1CCCN1. The molecule has 0 radical (unpaired) electrons. The summed E-state index contributed by atoms with van der Waals surface area (Å²) in [6, 6.07) is 0.587. The van der Waals surface area contributed by atoms with Gasteiger partial charge in [-0.15, -0.1) is 0 Å². The molecule has 2 nitrogen and oxygen atoms in total. The van der Waals surface area contributed by atoms with Crippen LogP contribution in [0.3, 0.4) is 0 Å². The molecule has 1 N–H and O–H groups in total. The lowest BCUT2D eigenvalue weighted by Gasteiger charge is -2.30. The van der Waals surface area contributed by atoms with Crippen LogP contribution in [-0.4, -0.2) is 24.3 Å². The van der Waals surface area contributed by atoms with E-state index in [1.807, 2.05) is 0 Å². The molecule has 78 valence electrons. The van der Waals surface area contributed by atoms with Crippen LogP contribution in [-0.2, 0) is 4.74 Å². The minimum Gasteiger partial charge on any atom is -0.371 e. The van der Waals surface area contributed by atoms with Crippen molar-refractivity contribution in [3.8, 4) is 0 Å². The van der Waals surface area contributed by atoms with Crippen molar-refractivity contribution in [1.82, 2.24) is 5.32 Å². The summed E-state index contributed by atoms with van der Waals surface area (Å²) in [5.41, 5.74) is -0.00898. The van der Waals surface area contributed by atoms with Crippen LogP contribution < -0.4 is 5.32 Å². The molecule has 0 unspecified atom stereocenters. The largest absolute Gasteiger partial charge is 0.371 e. The van der Waals surface area contributed by atoms with Gasteiger partial charge in [0.1, 0.15) is 0 Å². The van der Waals surface area contributed by atoms with Crippen molar-refractivity contribution in [2.45, 2.75) is 64.7 Å². The van der Waals surface area contributed by atoms with Crippen LogP contribution in [0.2, 0.25) is 0 Å².